The van der Waals surface area contributed by atoms with Crippen LogP contribution in [0, 0.1) is 0 Å². The fourth-order valence-corrected chi connectivity index (χ4v) is 11.5. The average Bonchev–Trinajstić information content (AvgIpc) is 3.83. The molecule has 0 saturated carbocycles. The minimum Gasteiger partial charge on any atom is -0.248 e. The lowest BCUT2D eigenvalue weighted by molar-refractivity contribution is 0.794. The largest absolute Gasteiger partial charge is 0.248 e. The third kappa shape index (κ3) is 5.34. The van der Waals surface area contributed by atoms with E-state index in [0.29, 0.717) is 0 Å². The predicted octanol–water partition coefficient (Wildman–Crippen LogP) is 16.3. The number of nitrogens with zero attached hydrogens (tertiary/aromatic N) is 1. The average molecular weight is 814 g/mol. The van der Waals surface area contributed by atoms with E-state index in [1.165, 1.54) is 105 Å². The van der Waals surface area contributed by atoms with Gasteiger partial charge in [-0.15, -0.1) is 0 Å². The van der Waals surface area contributed by atoms with Gasteiger partial charge in [0.05, 0.1) is 16.8 Å². The van der Waals surface area contributed by atoms with Crippen molar-refractivity contribution < 1.29 is 0 Å². The standard InChI is InChI=1S/C63H43N/c1-40-31-32-43(41-17-4-2-5-18-41)39-60(42-19-6-3-7-20-42)64-62(40)45-33-35-49-47-21-8-9-22-48(47)53-27-16-26-46(61(53)55(49)38-45)44-34-36-59-54(37-44)52-25-12-15-30-58(52)63(59)56-28-13-10-23-50(56)51-24-11-14-29-57(51)63/h2-30,33-39H,31-32H2,1H3/b43-39+,62-40+,64-60+. The summed E-state index contributed by atoms with van der Waals surface area (Å²) in [6, 6.07) is 78.9. The number of benzene rings is 10. The highest BCUT2D eigenvalue weighted by atomic mass is 14.8. The summed E-state index contributed by atoms with van der Waals surface area (Å²) >= 11 is 0. The highest BCUT2D eigenvalue weighted by Crippen LogP contribution is 2.63. The fraction of sp³-hybridized carbons (Fsp3) is 0.0635. The van der Waals surface area contributed by atoms with E-state index in [-0.39, 0.29) is 5.41 Å². The maximum Gasteiger partial charge on any atom is 0.0725 e. The third-order valence-electron chi connectivity index (χ3n) is 14.4. The second-order valence-electron chi connectivity index (χ2n) is 17.7. The van der Waals surface area contributed by atoms with E-state index in [9.17, 15) is 0 Å². The zero-order chi connectivity index (χ0) is 42.4. The van der Waals surface area contributed by atoms with Crippen LogP contribution in [0.5, 0.6) is 0 Å². The smallest absolute Gasteiger partial charge is 0.0725 e. The first kappa shape index (κ1) is 36.8. The summed E-state index contributed by atoms with van der Waals surface area (Å²) in [7, 11) is 0. The molecule has 0 radical (unpaired) electrons. The number of aliphatic imine (C=N–C) groups is 1. The molecular formula is C63H43N. The van der Waals surface area contributed by atoms with E-state index < -0.39 is 0 Å². The van der Waals surface area contributed by atoms with Crippen LogP contribution >= 0.6 is 0 Å². The maximum atomic E-state index is 5.61. The molecule has 2 aliphatic carbocycles. The Morgan fingerprint density at radius 1 is 0.359 bits per heavy atom. The van der Waals surface area contributed by atoms with E-state index in [0.717, 1.165) is 35.4 Å². The highest BCUT2D eigenvalue weighted by molar-refractivity contribution is 6.29. The number of allylic oxidation sites excluding steroid dienone is 3. The van der Waals surface area contributed by atoms with Gasteiger partial charge >= 0.3 is 0 Å². The molecule has 0 bridgehead atoms. The summed E-state index contributed by atoms with van der Waals surface area (Å²) in [6.07, 6.45) is 4.19. The summed E-state index contributed by atoms with van der Waals surface area (Å²) in [5.41, 5.74) is 21.0. The van der Waals surface area contributed by atoms with Gasteiger partial charge in [0.25, 0.3) is 0 Å². The van der Waals surface area contributed by atoms with E-state index in [2.05, 4.69) is 225 Å². The zero-order valence-corrected chi connectivity index (χ0v) is 35.6. The molecular weight excluding hydrogens is 771 g/mol. The molecule has 13 rings (SSSR count). The molecule has 0 unspecified atom stereocenters. The third-order valence-corrected chi connectivity index (χ3v) is 14.4. The van der Waals surface area contributed by atoms with E-state index in [1.807, 2.05) is 0 Å². The van der Waals surface area contributed by atoms with Gasteiger partial charge in [-0.25, -0.2) is 4.99 Å². The topological polar surface area (TPSA) is 12.4 Å². The monoisotopic (exact) mass is 813 g/mol. The molecule has 1 nitrogen and oxygen atoms in total. The lowest BCUT2D eigenvalue weighted by Crippen LogP contribution is -2.25. The van der Waals surface area contributed by atoms with Gasteiger partial charge in [0.15, 0.2) is 0 Å². The molecule has 300 valence electrons. The van der Waals surface area contributed by atoms with Crippen LogP contribution in [-0.4, -0.2) is 5.71 Å². The summed E-state index contributed by atoms with van der Waals surface area (Å²) in [5.74, 6) is 0. The number of hydrogen-bond donors (Lipinski definition) is 0. The van der Waals surface area contributed by atoms with Gasteiger partial charge in [-0.3, -0.25) is 0 Å². The number of hydrogen-bond acceptors (Lipinski definition) is 1. The van der Waals surface area contributed by atoms with Crippen LogP contribution in [-0.2, 0) is 5.41 Å². The lowest BCUT2D eigenvalue weighted by Gasteiger charge is -2.30. The molecule has 1 spiro atoms. The van der Waals surface area contributed by atoms with E-state index >= 15 is 0 Å². The molecule has 0 fully saturated rings. The highest BCUT2D eigenvalue weighted by Gasteiger charge is 2.51. The Morgan fingerprint density at radius 3 is 1.56 bits per heavy atom. The first-order valence-corrected chi connectivity index (χ1v) is 22.6. The van der Waals surface area contributed by atoms with Gasteiger partial charge in [0.1, 0.15) is 0 Å². The van der Waals surface area contributed by atoms with Gasteiger partial charge in [0, 0.05) is 11.1 Å². The van der Waals surface area contributed by atoms with Crippen molar-refractivity contribution in [1.29, 1.82) is 0 Å². The van der Waals surface area contributed by atoms with Crippen molar-refractivity contribution in [1.82, 2.24) is 0 Å². The molecule has 0 aromatic heterocycles. The van der Waals surface area contributed by atoms with Gasteiger partial charge < -0.3 is 0 Å². The van der Waals surface area contributed by atoms with Crippen LogP contribution < -0.4 is 0 Å². The maximum absolute atomic E-state index is 5.61. The normalized spacial score (nSPS) is 17.5. The molecule has 0 atom stereocenters. The molecule has 10 aromatic carbocycles. The Balaban J connectivity index is 1.04. The minimum atomic E-state index is -0.368. The molecule has 3 aliphatic rings. The Bertz CT molecular complexity index is 3610. The van der Waals surface area contributed by atoms with Gasteiger partial charge in [-0.05, 0) is 143 Å². The van der Waals surface area contributed by atoms with Gasteiger partial charge in [0.2, 0.25) is 0 Å². The first-order valence-electron chi connectivity index (χ1n) is 22.6. The molecule has 0 amide bonds. The minimum absolute atomic E-state index is 0.368. The van der Waals surface area contributed by atoms with Gasteiger partial charge in [-0.2, -0.15) is 0 Å². The summed E-state index contributed by atoms with van der Waals surface area (Å²) in [4.78, 5) is 5.61. The summed E-state index contributed by atoms with van der Waals surface area (Å²) < 4.78 is 0. The van der Waals surface area contributed by atoms with Crippen LogP contribution in [0.2, 0.25) is 0 Å². The number of fused-ring (bicyclic) bond motifs is 16. The molecule has 0 N–H and O–H groups in total. The van der Waals surface area contributed by atoms with Crippen molar-refractivity contribution in [2.75, 3.05) is 0 Å². The van der Waals surface area contributed by atoms with Crippen LogP contribution in [0.4, 0.5) is 0 Å². The van der Waals surface area contributed by atoms with E-state index in [1.54, 1.807) is 0 Å². The van der Waals surface area contributed by atoms with E-state index in [4.69, 9.17) is 4.99 Å². The molecule has 10 aromatic rings. The fourth-order valence-electron chi connectivity index (χ4n) is 11.5. The van der Waals surface area contributed by atoms with Gasteiger partial charge in [-0.1, -0.05) is 200 Å². The van der Waals surface area contributed by atoms with Crippen LogP contribution in [0.1, 0.15) is 58.7 Å². The van der Waals surface area contributed by atoms with Crippen molar-refractivity contribution in [3.8, 4) is 33.4 Å². The molecule has 1 heterocycles. The Hall–Kier alpha value is -7.87. The predicted molar refractivity (Wildman–Crippen MR) is 270 cm³/mol. The summed E-state index contributed by atoms with van der Waals surface area (Å²) in [5, 5.41) is 7.58. The molecule has 1 aliphatic heterocycles. The van der Waals surface area contributed by atoms with Crippen molar-refractivity contribution in [2.24, 2.45) is 4.99 Å². The molecule has 0 saturated heterocycles. The van der Waals surface area contributed by atoms with Crippen LogP contribution in [0.3, 0.4) is 0 Å². The van der Waals surface area contributed by atoms with Crippen molar-refractivity contribution in [2.45, 2.75) is 25.2 Å². The lowest BCUT2D eigenvalue weighted by atomic mass is 9.70. The second kappa shape index (κ2) is 14.3. The van der Waals surface area contributed by atoms with Crippen molar-refractivity contribution >= 4 is 49.3 Å². The SMILES string of the molecule is C\C1=C(c2ccc3c4ccccc4c4cccc(-c5ccc6c(c5)-c5ccccc5C65c6ccccc6-c6ccccc65)c4c3c2)/N=C(c2ccccc2)\C=C(\c2ccccc2)CC1. The molecule has 64 heavy (non-hydrogen) atoms. The van der Waals surface area contributed by atoms with Crippen molar-refractivity contribution in [3.63, 3.8) is 0 Å². The van der Waals surface area contributed by atoms with Crippen LogP contribution in [0.25, 0.3) is 77.0 Å². The Morgan fingerprint density at radius 2 is 0.875 bits per heavy atom. The summed E-state index contributed by atoms with van der Waals surface area (Å²) in [6.45, 7) is 2.28. The zero-order valence-electron chi connectivity index (χ0n) is 35.6. The van der Waals surface area contributed by atoms with Crippen LogP contribution in [0.15, 0.2) is 229 Å². The molecule has 1 heteroatoms. The number of rotatable bonds is 4. The Kier molecular flexibility index (Phi) is 8.24. The Labute approximate surface area is 374 Å². The quantitative estimate of drug-likeness (QED) is 0.157. The first-order chi connectivity index (χ1) is 31.7. The second-order valence-corrected chi connectivity index (χ2v) is 17.7. The van der Waals surface area contributed by atoms with Crippen molar-refractivity contribution in [3.05, 3.63) is 263 Å².